The minimum absolute atomic E-state index is 0.181. The van der Waals surface area contributed by atoms with Crippen LogP contribution in [0.15, 0.2) is 15.6 Å². The highest BCUT2D eigenvalue weighted by Crippen LogP contribution is 2.36. The zero-order valence-corrected chi connectivity index (χ0v) is 19.9. The van der Waals surface area contributed by atoms with E-state index >= 15 is 0 Å². The maximum Gasteiger partial charge on any atom is 0.410 e. The van der Waals surface area contributed by atoms with Gasteiger partial charge in [-0.25, -0.2) is 4.79 Å². The van der Waals surface area contributed by atoms with Crippen LogP contribution in [0.4, 0.5) is 4.79 Å². The van der Waals surface area contributed by atoms with Crippen LogP contribution < -0.4 is 10.6 Å². The van der Waals surface area contributed by atoms with E-state index in [1.165, 1.54) is 0 Å². The van der Waals surface area contributed by atoms with Gasteiger partial charge in [0.25, 0.3) is 0 Å². The average molecular weight is 434 g/mol. The lowest BCUT2D eigenvalue weighted by atomic mass is 9.98. The Morgan fingerprint density at radius 1 is 1.29 bits per heavy atom. The predicted molar refractivity (Wildman–Crippen MR) is 121 cm³/mol. The summed E-state index contributed by atoms with van der Waals surface area (Å²) in [5.74, 6) is 2.00. The number of rotatable bonds is 6. The number of guanidine groups is 1. The lowest BCUT2D eigenvalue weighted by Crippen LogP contribution is -2.54. The third kappa shape index (κ3) is 5.92. The normalized spacial score (nSPS) is 23.9. The highest BCUT2D eigenvalue weighted by molar-refractivity contribution is 5.80. The molecule has 2 atom stereocenters. The van der Waals surface area contributed by atoms with Crippen LogP contribution in [0.1, 0.15) is 90.5 Å². The van der Waals surface area contributed by atoms with E-state index in [-0.39, 0.29) is 24.2 Å². The van der Waals surface area contributed by atoms with Crippen molar-refractivity contribution in [2.75, 3.05) is 7.05 Å². The number of piperidine rings is 1. The largest absolute Gasteiger partial charge is 0.444 e. The van der Waals surface area contributed by atoms with Crippen molar-refractivity contribution in [1.82, 2.24) is 20.7 Å². The molecule has 1 aromatic heterocycles. The SMILES string of the molecule is CCC(CC)c1cc(CNC(=NC)NC2CC3CCC(C2)N3C(=O)OC(C)(C)C)on1. The van der Waals surface area contributed by atoms with Gasteiger partial charge in [-0.1, -0.05) is 19.0 Å². The average Bonchev–Trinajstić information content (AvgIpc) is 3.27. The van der Waals surface area contributed by atoms with Crippen molar-refractivity contribution in [2.45, 2.75) is 109 Å². The van der Waals surface area contributed by atoms with Crippen molar-refractivity contribution in [3.63, 3.8) is 0 Å². The molecule has 0 aromatic carbocycles. The molecule has 2 bridgehead atoms. The van der Waals surface area contributed by atoms with E-state index in [0.717, 1.165) is 55.9 Å². The molecule has 1 amide bonds. The highest BCUT2D eigenvalue weighted by Gasteiger charge is 2.45. The number of hydrogen-bond donors (Lipinski definition) is 2. The molecule has 3 rings (SSSR count). The number of amides is 1. The number of aliphatic imine (C=N–C) groups is 1. The molecule has 0 saturated carbocycles. The summed E-state index contributed by atoms with van der Waals surface area (Å²) < 4.78 is 11.1. The Labute approximate surface area is 186 Å². The molecule has 1 aromatic rings. The van der Waals surface area contributed by atoms with Gasteiger partial charge in [-0.2, -0.15) is 0 Å². The van der Waals surface area contributed by atoms with Crippen LogP contribution in [-0.4, -0.2) is 52.9 Å². The predicted octanol–water partition coefficient (Wildman–Crippen LogP) is 4.17. The third-order valence-corrected chi connectivity index (χ3v) is 6.31. The summed E-state index contributed by atoms with van der Waals surface area (Å²) in [5.41, 5.74) is 0.558. The lowest BCUT2D eigenvalue weighted by Gasteiger charge is -2.40. The first-order valence-corrected chi connectivity index (χ1v) is 11.7. The van der Waals surface area contributed by atoms with Gasteiger partial charge in [0.05, 0.1) is 12.2 Å². The van der Waals surface area contributed by atoms with E-state index in [4.69, 9.17) is 9.26 Å². The van der Waals surface area contributed by atoms with Gasteiger partial charge in [0, 0.05) is 37.2 Å². The molecule has 8 heteroatoms. The number of carbonyl (C=O) groups is 1. The molecule has 8 nitrogen and oxygen atoms in total. The fraction of sp³-hybridized carbons (Fsp3) is 0.783. The summed E-state index contributed by atoms with van der Waals surface area (Å²) in [6.45, 7) is 10.6. The Morgan fingerprint density at radius 2 is 1.94 bits per heavy atom. The van der Waals surface area contributed by atoms with Gasteiger partial charge in [0.2, 0.25) is 0 Å². The summed E-state index contributed by atoms with van der Waals surface area (Å²) in [4.78, 5) is 19.0. The molecule has 2 saturated heterocycles. The molecular weight excluding hydrogens is 394 g/mol. The lowest BCUT2D eigenvalue weighted by molar-refractivity contribution is 0.00544. The number of fused-ring (bicyclic) bond motifs is 2. The highest BCUT2D eigenvalue weighted by atomic mass is 16.6. The molecule has 2 aliphatic heterocycles. The molecule has 0 radical (unpaired) electrons. The second-order valence-corrected chi connectivity index (χ2v) is 9.74. The van der Waals surface area contributed by atoms with Gasteiger partial charge < -0.3 is 24.8 Å². The molecule has 0 spiro atoms. The number of ether oxygens (including phenoxy) is 1. The van der Waals surface area contributed by atoms with E-state index < -0.39 is 5.60 Å². The van der Waals surface area contributed by atoms with E-state index in [9.17, 15) is 4.79 Å². The van der Waals surface area contributed by atoms with Crippen LogP contribution >= 0.6 is 0 Å². The number of hydrogen-bond acceptors (Lipinski definition) is 5. The molecule has 2 fully saturated rings. The quantitative estimate of drug-likeness (QED) is 0.517. The van der Waals surface area contributed by atoms with Crippen molar-refractivity contribution < 1.29 is 14.1 Å². The van der Waals surface area contributed by atoms with E-state index in [0.29, 0.717) is 12.5 Å². The van der Waals surface area contributed by atoms with Crippen molar-refractivity contribution in [2.24, 2.45) is 4.99 Å². The van der Waals surface area contributed by atoms with Crippen LogP contribution in [0.5, 0.6) is 0 Å². The van der Waals surface area contributed by atoms with Gasteiger partial charge in [0.1, 0.15) is 5.60 Å². The maximum atomic E-state index is 12.6. The molecule has 31 heavy (non-hydrogen) atoms. The van der Waals surface area contributed by atoms with Gasteiger partial charge in [0.15, 0.2) is 11.7 Å². The Morgan fingerprint density at radius 3 is 2.48 bits per heavy atom. The van der Waals surface area contributed by atoms with Gasteiger partial charge >= 0.3 is 6.09 Å². The molecular formula is C23H39N5O3. The summed E-state index contributed by atoms with van der Waals surface area (Å²) in [6, 6.07) is 2.76. The van der Waals surface area contributed by atoms with E-state index in [2.05, 4.69) is 34.6 Å². The minimum atomic E-state index is -0.466. The Bertz CT molecular complexity index is 752. The smallest absolute Gasteiger partial charge is 0.410 e. The molecule has 0 aliphatic carbocycles. The second-order valence-electron chi connectivity index (χ2n) is 9.74. The van der Waals surface area contributed by atoms with E-state index in [1.807, 2.05) is 31.7 Å². The Hall–Kier alpha value is -2.25. The number of nitrogens with one attached hydrogen (secondary N) is 2. The molecule has 2 N–H and O–H groups in total. The van der Waals surface area contributed by atoms with E-state index in [1.54, 1.807) is 7.05 Å². The standard InChI is InChI=1S/C23H39N5O3/c1-7-15(8-2)20-13-19(31-27-20)14-25-21(24-6)26-16-11-17-9-10-18(12-16)28(17)22(29)30-23(3,4)5/h13,15-18H,7-12,14H2,1-6H3,(H2,24,25,26). The number of nitrogens with zero attached hydrogens (tertiary/aromatic N) is 3. The van der Waals surface area contributed by atoms with Crippen molar-refractivity contribution >= 4 is 12.1 Å². The van der Waals surface area contributed by atoms with Gasteiger partial charge in [-0.3, -0.25) is 4.99 Å². The Balaban J connectivity index is 1.52. The summed E-state index contributed by atoms with van der Waals surface area (Å²) in [5, 5.41) is 11.1. The third-order valence-electron chi connectivity index (χ3n) is 6.31. The molecule has 3 heterocycles. The Kier molecular flexibility index (Phi) is 7.49. The van der Waals surface area contributed by atoms with Crippen molar-refractivity contribution in [1.29, 1.82) is 0 Å². The van der Waals surface area contributed by atoms with Crippen LogP contribution in [0.3, 0.4) is 0 Å². The zero-order valence-electron chi connectivity index (χ0n) is 19.9. The van der Waals surface area contributed by atoms with Gasteiger partial charge in [-0.05, 0) is 59.3 Å². The monoisotopic (exact) mass is 433 g/mol. The zero-order chi connectivity index (χ0) is 22.6. The first-order valence-electron chi connectivity index (χ1n) is 11.7. The first kappa shape index (κ1) is 23.4. The fourth-order valence-electron chi connectivity index (χ4n) is 4.78. The van der Waals surface area contributed by atoms with Crippen LogP contribution in [-0.2, 0) is 11.3 Å². The molecule has 2 unspecified atom stereocenters. The molecule has 2 aliphatic rings. The van der Waals surface area contributed by atoms with Crippen LogP contribution in [0.2, 0.25) is 0 Å². The van der Waals surface area contributed by atoms with Crippen molar-refractivity contribution in [3.8, 4) is 0 Å². The topological polar surface area (TPSA) is 92.0 Å². The first-order chi connectivity index (χ1) is 14.7. The minimum Gasteiger partial charge on any atom is -0.444 e. The number of carbonyl (C=O) groups excluding carboxylic acids is 1. The van der Waals surface area contributed by atoms with Gasteiger partial charge in [-0.15, -0.1) is 0 Å². The van der Waals surface area contributed by atoms with Crippen LogP contribution in [0, 0.1) is 0 Å². The molecule has 174 valence electrons. The van der Waals surface area contributed by atoms with Crippen molar-refractivity contribution in [3.05, 3.63) is 17.5 Å². The fourth-order valence-corrected chi connectivity index (χ4v) is 4.78. The second kappa shape index (κ2) is 9.92. The van der Waals surface area contributed by atoms with Crippen LogP contribution in [0.25, 0.3) is 0 Å². The summed E-state index contributed by atoms with van der Waals surface area (Å²) >= 11 is 0. The number of aromatic nitrogens is 1. The summed E-state index contributed by atoms with van der Waals surface area (Å²) in [6.07, 6.45) is 5.80. The maximum absolute atomic E-state index is 12.6. The summed E-state index contributed by atoms with van der Waals surface area (Å²) in [7, 11) is 1.77.